The molecule has 2 aliphatic rings. The zero-order valence-electron chi connectivity index (χ0n) is 23.9. The SMILES string of the molecule is CC1(C)CC(=O)C2=C(C1)Nc1c(O)cccc1N(C(=O)c1cccc(N)c1)C2c1ccc(OCc2ccccc2)cc1F. The minimum atomic E-state index is -1.13. The summed E-state index contributed by atoms with van der Waals surface area (Å²) < 4.78 is 22.1. The van der Waals surface area contributed by atoms with Crippen molar-refractivity contribution in [2.75, 3.05) is 16.0 Å². The van der Waals surface area contributed by atoms with Crippen molar-refractivity contribution in [3.8, 4) is 11.5 Å². The Bertz CT molecular complexity index is 1770. The van der Waals surface area contributed by atoms with E-state index in [-0.39, 0.29) is 46.9 Å². The molecule has 4 aromatic carbocycles. The Hall–Kier alpha value is -5.11. The van der Waals surface area contributed by atoms with Crippen LogP contribution >= 0.6 is 0 Å². The Balaban J connectivity index is 1.53. The summed E-state index contributed by atoms with van der Waals surface area (Å²) in [6.07, 6.45) is 0.672. The number of ether oxygens (including phenoxy) is 1. The highest BCUT2D eigenvalue weighted by Crippen LogP contribution is 2.51. The van der Waals surface area contributed by atoms with Crippen LogP contribution in [-0.4, -0.2) is 16.8 Å². The van der Waals surface area contributed by atoms with E-state index in [4.69, 9.17) is 10.5 Å². The van der Waals surface area contributed by atoms with Crippen molar-refractivity contribution in [3.63, 3.8) is 0 Å². The molecule has 1 aliphatic carbocycles. The number of hydrogen-bond donors (Lipinski definition) is 3. The maximum Gasteiger partial charge on any atom is 0.259 e. The normalized spacial score (nSPS) is 17.4. The molecule has 0 radical (unpaired) electrons. The number of Topliss-reactive ketones (excluding diaryl/α,β-unsaturated/α-hetero) is 1. The van der Waals surface area contributed by atoms with E-state index in [9.17, 15) is 14.7 Å². The first-order chi connectivity index (χ1) is 20.6. The number of fused-ring (bicyclic) bond motifs is 1. The molecule has 218 valence electrons. The molecule has 1 aliphatic heterocycles. The maximum absolute atomic E-state index is 16.2. The quantitative estimate of drug-likeness (QED) is 0.172. The van der Waals surface area contributed by atoms with Crippen molar-refractivity contribution in [2.24, 2.45) is 5.41 Å². The van der Waals surface area contributed by atoms with Gasteiger partial charge in [-0.2, -0.15) is 0 Å². The second kappa shape index (κ2) is 10.9. The van der Waals surface area contributed by atoms with Crippen LogP contribution in [0, 0.1) is 11.2 Å². The van der Waals surface area contributed by atoms with Crippen molar-refractivity contribution in [1.82, 2.24) is 0 Å². The zero-order chi connectivity index (χ0) is 30.3. The van der Waals surface area contributed by atoms with Crippen LogP contribution in [0.3, 0.4) is 0 Å². The van der Waals surface area contributed by atoms with E-state index in [0.717, 1.165) is 5.56 Å². The fourth-order valence-corrected chi connectivity index (χ4v) is 5.93. The third-order valence-corrected chi connectivity index (χ3v) is 7.87. The van der Waals surface area contributed by atoms with Crippen LogP contribution in [0.5, 0.6) is 11.5 Å². The van der Waals surface area contributed by atoms with E-state index in [2.05, 4.69) is 5.32 Å². The Morgan fingerprint density at radius 3 is 2.53 bits per heavy atom. The summed E-state index contributed by atoms with van der Waals surface area (Å²) in [5, 5.41) is 14.2. The van der Waals surface area contributed by atoms with Crippen LogP contribution < -0.4 is 20.7 Å². The molecule has 1 heterocycles. The number of para-hydroxylation sites is 1. The van der Waals surface area contributed by atoms with E-state index in [1.807, 2.05) is 44.2 Å². The molecule has 0 saturated heterocycles. The largest absolute Gasteiger partial charge is 0.506 e. The van der Waals surface area contributed by atoms with Gasteiger partial charge in [0.2, 0.25) is 0 Å². The number of ketones is 1. The van der Waals surface area contributed by atoms with Gasteiger partial charge in [0.05, 0.1) is 11.7 Å². The molecule has 4 N–H and O–H groups in total. The highest BCUT2D eigenvalue weighted by Gasteiger charge is 2.44. The molecule has 7 nitrogen and oxygen atoms in total. The number of carbonyl (C=O) groups excluding carboxylic acids is 2. The Morgan fingerprint density at radius 1 is 1.02 bits per heavy atom. The number of amides is 1. The number of allylic oxidation sites excluding steroid dienone is 1. The molecular formula is C35H32FN3O4. The molecule has 0 fully saturated rings. The van der Waals surface area contributed by atoms with Crippen LogP contribution in [-0.2, 0) is 11.4 Å². The van der Waals surface area contributed by atoms with Gasteiger partial charge in [0.15, 0.2) is 5.78 Å². The number of nitrogen functional groups attached to an aromatic ring is 1. The fraction of sp³-hybridized carbons (Fsp3) is 0.200. The summed E-state index contributed by atoms with van der Waals surface area (Å²) in [7, 11) is 0. The topological polar surface area (TPSA) is 105 Å². The highest BCUT2D eigenvalue weighted by molar-refractivity contribution is 6.12. The number of halogens is 1. The number of rotatable bonds is 5. The van der Waals surface area contributed by atoms with Crippen LogP contribution in [0.1, 0.15) is 54.2 Å². The summed E-state index contributed by atoms with van der Waals surface area (Å²) in [5.74, 6) is -1.12. The first-order valence-corrected chi connectivity index (χ1v) is 14.1. The minimum Gasteiger partial charge on any atom is -0.506 e. The van der Waals surface area contributed by atoms with Gasteiger partial charge in [-0.1, -0.05) is 56.3 Å². The lowest BCUT2D eigenvalue weighted by atomic mass is 9.73. The van der Waals surface area contributed by atoms with E-state index < -0.39 is 23.2 Å². The summed E-state index contributed by atoms with van der Waals surface area (Å²) in [4.78, 5) is 29.7. The molecule has 1 amide bonds. The van der Waals surface area contributed by atoms with E-state index in [0.29, 0.717) is 29.2 Å². The third kappa shape index (κ3) is 5.44. The summed E-state index contributed by atoms with van der Waals surface area (Å²) in [6.45, 7) is 4.22. The molecule has 8 heteroatoms. The highest BCUT2D eigenvalue weighted by atomic mass is 19.1. The average Bonchev–Trinajstić information content (AvgIpc) is 3.11. The second-order valence-corrected chi connectivity index (χ2v) is 11.8. The predicted octanol–water partition coefficient (Wildman–Crippen LogP) is 7.15. The summed E-state index contributed by atoms with van der Waals surface area (Å²) in [6, 6.07) is 24.2. The Kier molecular flexibility index (Phi) is 7.13. The molecule has 4 aromatic rings. The van der Waals surface area contributed by atoms with Crippen molar-refractivity contribution >= 4 is 28.8 Å². The first kappa shape index (κ1) is 28.0. The van der Waals surface area contributed by atoms with Crippen molar-refractivity contribution in [3.05, 3.63) is 125 Å². The lowest BCUT2D eigenvalue weighted by Gasteiger charge is -2.37. The first-order valence-electron chi connectivity index (χ1n) is 14.1. The van der Waals surface area contributed by atoms with Gasteiger partial charge in [0.1, 0.15) is 29.6 Å². The van der Waals surface area contributed by atoms with Crippen LogP contribution in [0.15, 0.2) is 102 Å². The van der Waals surface area contributed by atoms with Gasteiger partial charge in [0, 0.05) is 40.6 Å². The monoisotopic (exact) mass is 577 g/mol. The number of nitrogens with two attached hydrogens (primary N) is 1. The molecule has 6 rings (SSSR count). The lowest BCUT2D eigenvalue weighted by Crippen LogP contribution is -2.40. The van der Waals surface area contributed by atoms with Crippen LogP contribution in [0.4, 0.5) is 21.5 Å². The Labute approximate surface area is 249 Å². The molecular weight excluding hydrogens is 545 g/mol. The molecule has 1 unspecified atom stereocenters. The maximum atomic E-state index is 16.2. The number of nitrogens with zero attached hydrogens (tertiary/aromatic N) is 1. The van der Waals surface area contributed by atoms with E-state index in [1.165, 1.54) is 23.1 Å². The molecule has 0 spiro atoms. The molecule has 43 heavy (non-hydrogen) atoms. The summed E-state index contributed by atoms with van der Waals surface area (Å²) >= 11 is 0. The van der Waals surface area contributed by atoms with Gasteiger partial charge in [-0.3, -0.25) is 14.5 Å². The second-order valence-electron chi connectivity index (χ2n) is 11.8. The molecule has 0 saturated carbocycles. The molecule has 0 aromatic heterocycles. The van der Waals surface area contributed by atoms with Crippen molar-refractivity contribution < 1.29 is 23.8 Å². The molecule has 0 bridgehead atoms. The van der Waals surface area contributed by atoms with Crippen molar-refractivity contribution in [2.45, 2.75) is 39.3 Å². The lowest BCUT2D eigenvalue weighted by molar-refractivity contribution is -0.118. The van der Waals surface area contributed by atoms with Crippen LogP contribution in [0.2, 0.25) is 0 Å². The van der Waals surface area contributed by atoms with E-state index >= 15 is 4.39 Å². The standard InChI is InChI=1S/C35H32FN3O4/c1-35(2)18-27-31(30(41)19-35)33(25-15-14-24(17-26(25)36)43-20-21-8-4-3-5-9-21)39(28-12-7-13-29(40)32(28)38-27)34(42)22-10-6-11-23(37)16-22/h3-17,33,38,40H,18-20,37H2,1-2H3. The third-order valence-electron chi connectivity index (χ3n) is 7.87. The van der Waals surface area contributed by atoms with Gasteiger partial charge in [-0.15, -0.1) is 0 Å². The van der Waals surface area contributed by atoms with Gasteiger partial charge >= 0.3 is 0 Å². The number of hydrogen-bond acceptors (Lipinski definition) is 6. The molecule has 1 atom stereocenters. The average molecular weight is 578 g/mol. The van der Waals surface area contributed by atoms with Crippen LogP contribution in [0.25, 0.3) is 0 Å². The van der Waals surface area contributed by atoms with Gasteiger partial charge < -0.3 is 20.9 Å². The number of phenols is 1. The predicted molar refractivity (Wildman–Crippen MR) is 164 cm³/mol. The van der Waals surface area contributed by atoms with Gasteiger partial charge in [0.25, 0.3) is 5.91 Å². The smallest absolute Gasteiger partial charge is 0.259 e. The summed E-state index contributed by atoms with van der Waals surface area (Å²) in [5.41, 5.74) is 8.74. The van der Waals surface area contributed by atoms with Gasteiger partial charge in [-0.25, -0.2) is 4.39 Å². The van der Waals surface area contributed by atoms with Crippen molar-refractivity contribution in [1.29, 1.82) is 0 Å². The zero-order valence-corrected chi connectivity index (χ0v) is 23.9. The minimum absolute atomic E-state index is 0.101. The number of benzene rings is 4. The number of nitrogens with one attached hydrogen (secondary N) is 1. The fourth-order valence-electron chi connectivity index (χ4n) is 5.93. The number of aromatic hydroxyl groups is 1. The van der Waals surface area contributed by atoms with Gasteiger partial charge in [-0.05, 0) is 59.9 Å². The number of phenolic OH excluding ortho intramolecular Hbond substituents is 1. The Morgan fingerprint density at radius 2 is 1.79 bits per heavy atom. The number of anilines is 3. The number of carbonyl (C=O) groups is 2. The van der Waals surface area contributed by atoms with E-state index in [1.54, 1.807) is 42.5 Å².